The summed E-state index contributed by atoms with van der Waals surface area (Å²) < 4.78 is 6.99. The summed E-state index contributed by atoms with van der Waals surface area (Å²) in [5.74, 6) is 1.17. The predicted molar refractivity (Wildman–Crippen MR) is 120 cm³/mol. The van der Waals surface area contributed by atoms with Crippen molar-refractivity contribution < 1.29 is 9.32 Å². The summed E-state index contributed by atoms with van der Waals surface area (Å²) in [7, 11) is 0. The number of aryl methyl sites for hydroxylation is 1. The lowest BCUT2D eigenvalue weighted by molar-refractivity contribution is -0.131. The topological polar surface area (TPSA) is 97.0 Å². The minimum absolute atomic E-state index is 0.0686. The van der Waals surface area contributed by atoms with Crippen molar-refractivity contribution in [3.05, 3.63) is 76.1 Å². The smallest absolute Gasteiger partial charge is 0.347 e. The van der Waals surface area contributed by atoms with E-state index in [1.54, 1.807) is 4.57 Å². The molecule has 2 aromatic heterocycles. The molecule has 0 radical (unpaired) electrons. The van der Waals surface area contributed by atoms with Crippen molar-refractivity contribution in [3.63, 3.8) is 0 Å². The highest BCUT2D eigenvalue weighted by Crippen LogP contribution is 2.24. The van der Waals surface area contributed by atoms with Crippen LogP contribution in [0.1, 0.15) is 29.9 Å². The molecule has 0 spiro atoms. The Labute approximate surface area is 184 Å². The van der Waals surface area contributed by atoms with E-state index in [2.05, 4.69) is 15.4 Å². The third-order valence-electron chi connectivity index (χ3n) is 6.31. The van der Waals surface area contributed by atoms with Crippen LogP contribution < -0.4 is 5.69 Å². The van der Waals surface area contributed by atoms with E-state index in [-0.39, 0.29) is 18.0 Å². The summed E-state index contributed by atoms with van der Waals surface area (Å²) in [6.45, 7) is 3.37. The molecule has 0 unspecified atom stereocenters. The number of para-hydroxylation sites is 2. The molecule has 5 rings (SSSR count). The molecule has 1 N–H and O–H groups in total. The molecule has 1 aliphatic rings. The number of aromatic nitrogens is 4. The zero-order valence-corrected chi connectivity index (χ0v) is 18.0. The molecular formula is C24H25N5O3. The second-order valence-corrected chi connectivity index (χ2v) is 8.40. The fraction of sp³-hybridized carbons (Fsp3) is 0.333. The number of likely N-dealkylation sites (tertiary alicyclic amines) is 1. The summed E-state index contributed by atoms with van der Waals surface area (Å²) in [6, 6.07) is 15.4. The summed E-state index contributed by atoms with van der Waals surface area (Å²) in [4.78, 5) is 27.1. The fourth-order valence-electron chi connectivity index (χ4n) is 4.49. The van der Waals surface area contributed by atoms with Crippen molar-refractivity contribution in [1.82, 2.24) is 24.8 Å². The van der Waals surface area contributed by atoms with Gasteiger partial charge in [0.25, 0.3) is 0 Å². The monoisotopic (exact) mass is 431 g/mol. The Morgan fingerprint density at radius 1 is 1.12 bits per heavy atom. The molecule has 3 heterocycles. The number of fused-ring (bicyclic) bond motifs is 1. The van der Waals surface area contributed by atoms with E-state index >= 15 is 0 Å². The molecule has 4 aromatic rings. The fourth-order valence-corrected chi connectivity index (χ4v) is 4.49. The zero-order valence-electron chi connectivity index (χ0n) is 18.0. The molecule has 8 nitrogen and oxygen atoms in total. The first kappa shape index (κ1) is 20.2. The van der Waals surface area contributed by atoms with Gasteiger partial charge in [0.15, 0.2) is 5.58 Å². The van der Waals surface area contributed by atoms with Gasteiger partial charge in [0.05, 0.1) is 12.1 Å². The summed E-state index contributed by atoms with van der Waals surface area (Å²) >= 11 is 0. The standard InChI is InChI=1S/C24H25N5O3/c1-16-6-2-4-8-20(16)29-22(25-26-24(29)31)14-17-10-12-28(13-11-17)23(30)15-19-18-7-3-5-9-21(18)32-27-19/h2-9,17H,10-15H2,1H3,(H,26,31). The first-order valence-electron chi connectivity index (χ1n) is 10.9. The molecule has 0 bridgehead atoms. The Hall–Kier alpha value is -3.68. The molecule has 1 amide bonds. The van der Waals surface area contributed by atoms with Gasteiger partial charge in [0, 0.05) is 24.9 Å². The second kappa shape index (κ2) is 8.45. The van der Waals surface area contributed by atoms with Gasteiger partial charge in [-0.25, -0.2) is 14.5 Å². The van der Waals surface area contributed by atoms with Crippen molar-refractivity contribution in [2.75, 3.05) is 13.1 Å². The summed E-state index contributed by atoms with van der Waals surface area (Å²) in [6.07, 6.45) is 2.69. The Morgan fingerprint density at radius 3 is 2.69 bits per heavy atom. The third-order valence-corrected chi connectivity index (χ3v) is 6.31. The largest absolute Gasteiger partial charge is 0.356 e. The quantitative estimate of drug-likeness (QED) is 0.524. The van der Waals surface area contributed by atoms with Gasteiger partial charge in [-0.15, -0.1) is 0 Å². The second-order valence-electron chi connectivity index (χ2n) is 8.40. The van der Waals surface area contributed by atoms with Gasteiger partial charge in [-0.05, 0) is 49.4 Å². The van der Waals surface area contributed by atoms with Crippen LogP contribution in [0, 0.1) is 12.8 Å². The van der Waals surface area contributed by atoms with E-state index < -0.39 is 0 Å². The molecule has 1 fully saturated rings. The van der Waals surface area contributed by atoms with Crippen LogP contribution in [0.15, 0.2) is 57.8 Å². The number of hydrogen-bond acceptors (Lipinski definition) is 5. The maximum atomic E-state index is 12.8. The highest BCUT2D eigenvalue weighted by atomic mass is 16.5. The Bertz CT molecular complexity index is 1310. The van der Waals surface area contributed by atoms with Crippen molar-refractivity contribution in [2.45, 2.75) is 32.6 Å². The highest BCUT2D eigenvalue weighted by Gasteiger charge is 2.26. The molecule has 0 aliphatic carbocycles. The Balaban J connectivity index is 1.23. The van der Waals surface area contributed by atoms with Crippen LogP contribution >= 0.6 is 0 Å². The van der Waals surface area contributed by atoms with Crippen LogP contribution in [0.5, 0.6) is 0 Å². The van der Waals surface area contributed by atoms with E-state index in [1.165, 1.54) is 0 Å². The van der Waals surface area contributed by atoms with E-state index in [9.17, 15) is 9.59 Å². The van der Waals surface area contributed by atoms with Crippen LogP contribution in [0.2, 0.25) is 0 Å². The van der Waals surface area contributed by atoms with Crippen LogP contribution in [0.4, 0.5) is 0 Å². The summed E-state index contributed by atoms with van der Waals surface area (Å²) in [5, 5.41) is 11.9. The molecule has 2 aromatic carbocycles. The van der Waals surface area contributed by atoms with Crippen LogP contribution in [0.3, 0.4) is 0 Å². The first-order valence-corrected chi connectivity index (χ1v) is 10.9. The number of carbonyl (C=O) groups is 1. The van der Waals surface area contributed by atoms with Gasteiger partial charge in [-0.2, -0.15) is 5.10 Å². The number of carbonyl (C=O) groups excluding carboxylic acids is 1. The number of rotatable bonds is 5. The lowest BCUT2D eigenvalue weighted by Gasteiger charge is -2.31. The number of H-pyrrole nitrogens is 1. The molecule has 32 heavy (non-hydrogen) atoms. The van der Waals surface area contributed by atoms with Crippen molar-refractivity contribution in [2.24, 2.45) is 5.92 Å². The number of aromatic amines is 1. The van der Waals surface area contributed by atoms with Gasteiger partial charge in [-0.1, -0.05) is 35.5 Å². The number of amides is 1. The lowest BCUT2D eigenvalue weighted by atomic mass is 9.93. The van der Waals surface area contributed by atoms with Gasteiger partial charge in [0.1, 0.15) is 11.5 Å². The number of benzene rings is 2. The molecule has 164 valence electrons. The maximum absolute atomic E-state index is 12.8. The maximum Gasteiger partial charge on any atom is 0.347 e. The minimum atomic E-state index is -0.221. The van der Waals surface area contributed by atoms with Crippen LogP contribution in [0.25, 0.3) is 16.7 Å². The molecule has 1 saturated heterocycles. The molecular weight excluding hydrogens is 406 g/mol. The highest BCUT2D eigenvalue weighted by molar-refractivity contribution is 5.86. The van der Waals surface area contributed by atoms with Crippen molar-refractivity contribution in [3.8, 4) is 5.69 Å². The molecule has 0 atom stereocenters. The average Bonchev–Trinajstić information content (AvgIpc) is 3.38. The Kier molecular flexibility index (Phi) is 5.34. The Morgan fingerprint density at radius 2 is 1.88 bits per heavy atom. The summed E-state index contributed by atoms with van der Waals surface area (Å²) in [5.41, 5.74) is 3.05. The SMILES string of the molecule is Cc1ccccc1-n1c(CC2CCN(C(=O)Cc3noc4ccccc34)CC2)n[nH]c1=O. The number of piperidine rings is 1. The lowest BCUT2D eigenvalue weighted by Crippen LogP contribution is -2.40. The molecule has 0 saturated carbocycles. The normalized spacial score (nSPS) is 14.8. The van der Waals surface area contributed by atoms with E-state index in [0.29, 0.717) is 36.7 Å². The molecule has 1 aliphatic heterocycles. The van der Waals surface area contributed by atoms with E-state index in [0.717, 1.165) is 35.3 Å². The van der Waals surface area contributed by atoms with Gasteiger partial charge in [-0.3, -0.25) is 4.79 Å². The van der Waals surface area contributed by atoms with Gasteiger partial charge < -0.3 is 9.42 Å². The van der Waals surface area contributed by atoms with Gasteiger partial charge in [0.2, 0.25) is 5.91 Å². The number of hydrogen-bond donors (Lipinski definition) is 1. The first-order chi connectivity index (χ1) is 15.6. The third kappa shape index (κ3) is 3.84. The van der Waals surface area contributed by atoms with Crippen molar-refractivity contribution >= 4 is 16.9 Å². The predicted octanol–water partition coefficient (Wildman–Crippen LogP) is 3.03. The number of nitrogens with one attached hydrogen (secondary N) is 1. The average molecular weight is 431 g/mol. The van der Waals surface area contributed by atoms with E-state index in [1.807, 2.05) is 60.4 Å². The number of nitrogens with zero attached hydrogens (tertiary/aromatic N) is 4. The van der Waals surface area contributed by atoms with Crippen molar-refractivity contribution in [1.29, 1.82) is 0 Å². The van der Waals surface area contributed by atoms with Gasteiger partial charge >= 0.3 is 5.69 Å². The van der Waals surface area contributed by atoms with E-state index in [4.69, 9.17) is 4.52 Å². The molecule has 8 heteroatoms. The minimum Gasteiger partial charge on any atom is -0.356 e. The van der Waals surface area contributed by atoms with Crippen LogP contribution in [-0.2, 0) is 17.6 Å². The zero-order chi connectivity index (χ0) is 22.1. The van der Waals surface area contributed by atoms with Crippen LogP contribution in [-0.4, -0.2) is 43.8 Å².